The highest BCUT2D eigenvalue weighted by Gasteiger charge is 2.48. The average molecular weight is 755 g/mol. The van der Waals surface area contributed by atoms with Crippen LogP contribution in [0, 0.1) is 6.92 Å². The van der Waals surface area contributed by atoms with Crippen LogP contribution in [-0.2, 0) is 5.41 Å². The number of aromatic nitrogens is 1. The van der Waals surface area contributed by atoms with Crippen LogP contribution in [-0.4, -0.2) is 4.57 Å². The van der Waals surface area contributed by atoms with E-state index >= 15 is 0 Å². The first-order valence-electron chi connectivity index (χ1n) is 20.4. The molecule has 0 fully saturated rings. The second-order valence-corrected chi connectivity index (χ2v) is 15.7. The molecule has 0 N–H and O–H groups in total. The number of nitrogens with zero attached hydrogens (tertiary/aromatic N) is 2. The number of anilines is 3. The lowest BCUT2D eigenvalue weighted by molar-refractivity contribution is 0.642. The van der Waals surface area contributed by atoms with E-state index in [4.69, 9.17) is 4.42 Å². The maximum absolute atomic E-state index is 6.88. The second kappa shape index (κ2) is 13.0. The van der Waals surface area contributed by atoms with Crippen molar-refractivity contribution in [3.63, 3.8) is 0 Å². The number of furan rings is 1. The highest BCUT2D eigenvalue weighted by atomic mass is 16.3. The third-order valence-electron chi connectivity index (χ3n) is 12.6. The molecule has 0 atom stereocenters. The molecule has 0 unspecified atom stereocenters. The second-order valence-electron chi connectivity index (χ2n) is 15.7. The lowest BCUT2D eigenvalue weighted by atomic mass is 9.61. The zero-order valence-corrected chi connectivity index (χ0v) is 32.5. The molecule has 9 aromatic carbocycles. The highest BCUT2D eigenvalue weighted by Crippen LogP contribution is 2.59. The Labute approximate surface area is 342 Å². The molecule has 0 saturated carbocycles. The summed E-state index contributed by atoms with van der Waals surface area (Å²) < 4.78 is 9.25. The van der Waals surface area contributed by atoms with E-state index in [1.807, 2.05) is 0 Å². The van der Waals surface area contributed by atoms with Gasteiger partial charge in [-0.2, -0.15) is 0 Å². The lowest BCUT2D eigenvalue weighted by Crippen LogP contribution is -2.38. The van der Waals surface area contributed by atoms with Crippen LogP contribution >= 0.6 is 0 Å². The minimum atomic E-state index is -0.670. The van der Waals surface area contributed by atoms with Gasteiger partial charge >= 0.3 is 0 Å². The Bertz CT molecular complexity index is 3360. The fourth-order valence-electron chi connectivity index (χ4n) is 10.1. The molecule has 1 aliphatic heterocycles. The van der Waals surface area contributed by atoms with Crippen LogP contribution in [0.3, 0.4) is 0 Å². The molecule has 12 rings (SSSR count). The van der Waals surface area contributed by atoms with Gasteiger partial charge in [0.05, 0.1) is 27.8 Å². The van der Waals surface area contributed by atoms with Crippen LogP contribution in [0.1, 0.15) is 27.8 Å². The molecular weight excluding hydrogens is 717 g/mol. The molecule has 0 spiro atoms. The Morgan fingerprint density at radius 1 is 0.390 bits per heavy atom. The Balaban J connectivity index is 1.04. The van der Waals surface area contributed by atoms with Crippen molar-refractivity contribution in [1.82, 2.24) is 4.57 Å². The molecule has 3 heteroatoms. The molecule has 0 aliphatic carbocycles. The standard InChI is InChI=1S/C56H38N2O/c1-37-16-5-8-22-46(37)56(49-25-15-21-44-43-20-7-14-29-54(43)59-55(44)49)47-23-9-12-27-52(47)58(53-28-13-10-24-48(53)56)41-33-30-38(31-34-41)39-32-35-51-45(36-39)42-19-6-11-26-50(42)57(51)40-17-3-2-4-18-40/h2-36H,1H3. The van der Waals surface area contributed by atoms with Gasteiger partial charge in [0.25, 0.3) is 0 Å². The first-order valence-corrected chi connectivity index (χ1v) is 20.4. The molecule has 0 saturated heterocycles. The third-order valence-corrected chi connectivity index (χ3v) is 12.6. The molecule has 1 aliphatic rings. The molecule has 278 valence electrons. The Hall–Kier alpha value is -7.62. The highest BCUT2D eigenvalue weighted by molar-refractivity contribution is 6.11. The van der Waals surface area contributed by atoms with Crippen LogP contribution in [0.25, 0.3) is 60.6 Å². The summed E-state index contributed by atoms with van der Waals surface area (Å²) in [7, 11) is 0. The Morgan fingerprint density at radius 3 is 1.73 bits per heavy atom. The molecule has 0 radical (unpaired) electrons. The maximum atomic E-state index is 6.88. The van der Waals surface area contributed by atoms with Gasteiger partial charge in [0.2, 0.25) is 0 Å². The van der Waals surface area contributed by atoms with Crippen molar-refractivity contribution in [3.8, 4) is 16.8 Å². The number of para-hydroxylation sites is 6. The summed E-state index contributed by atoms with van der Waals surface area (Å²) in [4.78, 5) is 2.44. The zero-order valence-electron chi connectivity index (χ0n) is 32.5. The number of fused-ring (bicyclic) bond motifs is 8. The predicted octanol–water partition coefficient (Wildman–Crippen LogP) is 14.8. The van der Waals surface area contributed by atoms with E-state index < -0.39 is 5.41 Å². The van der Waals surface area contributed by atoms with Crippen molar-refractivity contribution in [3.05, 3.63) is 240 Å². The minimum Gasteiger partial charge on any atom is -0.456 e. The van der Waals surface area contributed by atoms with E-state index in [0.29, 0.717) is 0 Å². The first-order chi connectivity index (χ1) is 29.2. The van der Waals surface area contributed by atoms with Gasteiger partial charge in [0.1, 0.15) is 11.2 Å². The van der Waals surface area contributed by atoms with Crippen molar-refractivity contribution in [2.24, 2.45) is 0 Å². The smallest absolute Gasteiger partial charge is 0.140 e. The maximum Gasteiger partial charge on any atom is 0.140 e. The van der Waals surface area contributed by atoms with Crippen LogP contribution < -0.4 is 4.90 Å². The van der Waals surface area contributed by atoms with Crippen LogP contribution in [0.2, 0.25) is 0 Å². The fraction of sp³-hybridized carbons (Fsp3) is 0.0357. The lowest BCUT2D eigenvalue weighted by Gasteiger charge is -2.46. The summed E-state index contributed by atoms with van der Waals surface area (Å²) in [6.45, 7) is 2.24. The van der Waals surface area contributed by atoms with Crippen LogP contribution in [0.4, 0.5) is 17.1 Å². The van der Waals surface area contributed by atoms with E-state index in [0.717, 1.165) is 44.6 Å². The zero-order chi connectivity index (χ0) is 39.1. The Morgan fingerprint density at radius 2 is 0.966 bits per heavy atom. The van der Waals surface area contributed by atoms with Crippen molar-refractivity contribution < 1.29 is 4.42 Å². The quantitative estimate of drug-likeness (QED) is 0.174. The van der Waals surface area contributed by atoms with Crippen molar-refractivity contribution in [2.75, 3.05) is 4.90 Å². The molecule has 3 nitrogen and oxygen atoms in total. The predicted molar refractivity (Wildman–Crippen MR) is 245 cm³/mol. The molecule has 59 heavy (non-hydrogen) atoms. The van der Waals surface area contributed by atoms with Gasteiger partial charge in [-0.25, -0.2) is 0 Å². The summed E-state index contributed by atoms with van der Waals surface area (Å²) in [6, 6.07) is 77.2. The van der Waals surface area contributed by atoms with E-state index in [9.17, 15) is 0 Å². The molecular formula is C56H38N2O. The average Bonchev–Trinajstić information content (AvgIpc) is 3.85. The SMILES string of the molecule is Cc1ccccc1C1(c2cccc3c2oc2ccccc23)c2ccccc2N(c2ccc(-c3ccc4c(c3)c3ccccc3n4-c3ccccc3)cc2)c2ccccc21. The molecule has 2 aromatic heterocycles. The Kier molecular flexibility index (Phi) is 7.36. The summed E-state index contributed by atoms with van der Waals surface area (Å²) in [5.74, 6) is 0. The summed E-state index contributed by atoms with van der Waals surface area (Å²) in [5, 5.41) is 4.75. The molecule has 0 bridgehead atoms. The first kappa shape index (κ1) is 33.5. The van der Waals surface area contributed by atoms with Gasteiger partial charge in [-0.1, -0.05) is 152 Å². The monoisotopic (exact) mass is 754 g/mol. The molecule has 11 aromatic rings. The largest absolute Gasteiger partial charge is 0.456 e. The van der Waals surface area contributed by atoms with E-state index in [1.54, 1.807) is 0 Å². The van der Waals surface area contributed by atoms with Gasteiger partial charge in [-0.05, 0) is 101 Å². The van der Waals surface area contributed by atoms with Gasteiger partial charge in [0, 0.05) is 38.5 Å². The van der Waals surface area contributed by atoms with E-state index in [1.165, 1.54) is 60.9 Å². The normalized spacial score (nSPS) is 13.3. The fourth-order valence-corrected chi connectivity index (χ4v) is 10.1. The van der Waals surface area contributed by atoms with Crippen molar-refractivity contribution >= 4 is 60.8 Å². The summed E-state index contributed by atoms with van der Waals surface area (Å²) in [5.41, 5.74) is 16.5. The number of hydrogen-bond donors (Lipinski definition) is 0. The molecule has 3 heterocycles. The van der Waals surface area contributed by atoms with Gasteiger partial charge in [-0.3, -0.25) is 0 Å². The number of benzene rings is 9. The van der Waals surface area contributed by atoms with Gasteiger partial charge in [0.15, 0.2) is 0 Å². The minimum absolute atomic E-state index is 0.670. The van der Waals surface area contributed by atoms with E-state index in [-0.39, 0.29) is 0 Å². The van der Waals surface area contributed by atoms with Crippen molar-refractivity contribution in [2.45, 2.75) is 12.3 Å². The number of aryl methyl sites for hydroxylation is 1. The number of hydrogen-bond acceptors (Lipinski definition) is 2. The number of rotatable bonds is 5. The van der Waals surface area contributed by atoms with Crippen LogP contribution in [0.5, 0.6) is 0 Å². The summed E-state index contributed by atoms with van der Waals surface area (Å²) in [6.07, 6.45) is 0. The topological polar surface area (TPSA) is 21.3 Å². The summed E-state index contributed by atoms with van der Waals surface area (Å²) >= 11 is 0. The molecule has 0 amide bonds. The van der Waals surface area contributed by atoms with Gasteiger partial charge < -0.3 is 13.9 Å². The van der Waals surface area contributed by atoms with Crippen molar-refractivity contribution in [1.29, 1.82) is 0 Å². The van der Waals surface area contributed by atoms with Gasteiger partial charge in [-0.15, -0.1) is 0 Å². The van der Waals surface area contributed by atoms with Crippen LogP contribution in [0.15, 0.2) is 217 Å². The van der Waals surface area contributed by atoms with E-state index in [2.05, 4.69) is 229 Å². The third kappa shape index (κ3) is 4.82.